The van der Waals surface area contributed by atoms with Crippen molar-refractivity contribution in [3.05, 3.63) is 53.1 Å². The lowest BCUT2D eigenvalue weighted by molar-refractivity contribution is -0.120. The Morgan fingerprint density at radius 3 is 2.44 bits per heavy atom. The third-order valence-corrected chi connectivity index (χ3v) is 4.10. The molecule has 0 aliphatic heterocycles. The molecule has 0 fully saturated rings. The maximum Gasteiger partial charge on any atom is 0.244 e. The standard InChI is InChI=1S/C21H26N2O4/c1-21(2,3)16-7-8-17(24)15(12-16)13-22-23-20(25)11-14-6-9-18(26-4)19(10-14)27-5/h6-10,12-13,24H,11H2,1-5H3,(H,23,25). The van der Waals surface area contributed by atoms with Crippen LogP contribution in [0.2, 0.25) is 0 Å². The van der Waals surface area contributed by atoms with Crippen molar-refractivity contribution in [3.8, 4) is 17.2 Å². The molecule has 2 N–H and O–H groups in total. The number of ether oxygens (including phenoxy) is 2. The molecule has 2 rings (SSSR count). The summed E-state index contributed by atoms with van der Waals surface area (Å²) in [6.45, 7) is 6.27. The first kappa shape index (κ1) is 20.3. The van der Waals surface area contributed by atoms with Crippen LogP contribution >= 0.6 is 0 Å². The van der Waals surface area contributed by atoms with Gasteiger partial charge in [-0.05, 0) is 40.8 Å². The Labute approximate surface area is 159 Å². The van der Waals surface area contributed by atoms with Gasteiger partial charge in [-0.2, -0.15) is 5.10 Å². The van der Waals surface area contributed by atoms with E-state index in [-0.39, 0.29) is 23.5 Å². The first-order valence-electron chi connectivity index (χ1n) is 8.61. The van der Waals surface area contributed by atoms with Gasteiger partial charge in [-0.25, -0.2) is 5.43 Å². The second kappa shape index (κ2) is 8.58. The van der Waals surface area contributed by atoms with E-state index >= 15 is 0 Å². The van der Waals surface area contributed by atoms with Gasteiger partial charge in [-0.15, -0.1) is 0 Å². The minimum absolute atomic E-state index is 0.0487. The van der Waals surface area contributed by atoms with Crippen LogP contribution in [0, 0.1) is 0 Å². The summed E-state index contributed by atoms with van der Waals surface area (Å²) in [4.78, 5) is 12.1. The highest BCUT2D eigenvalue weighted by molar-refractivity contribution is 5.86. The predicted molar refractivity (Wildman–Crippen MR) is 106 cm³/mol. The lowest BCUT2D eigenvalue weighted by Crippen LogP contribution is -2.20. The molecule has 2 aromatic carbocycles. The second-order valence-corrected chi connectivity index (χ2v) is 7.18. The average molecular weight is 370 g/mol. The number of nitrogens with one attached hydrogen (secondary N) is 1. The summed E-state index contributed by atoms with van der Waals surface area (Å²) >= 11 is 0. The Morgan fingerprint density at radius 1 is 1.11 bits per heavy atom. The third kappa shape index (κ3) is 5.48. The number of rotatable bonds is 6. The normalized spacial score (nSPS) is 11.4. The Kier molecular flexibility index (Phi) is 6.45. The molecular formula is C21H26N2O4. The molecule has 0 unspecified atom stereocenters. The van der Waals surface area contributed by atoms with E-state index in [4.69, 9.17) is 9.47 Å². The van der Waals surface area contributed by atoms with Crippen molar-refractivity contribution in [3.63, 3.8) is 0 Å². The van der Waals surface area contributed by atoms with Crippen molar-refractivity contribution in [2.45, 2.75) is 32.6 Å². The highest BCUT2D eigenvalue weighted by atomic mass is 16.5. The molecule has 27 heavy (non-hydrogen) atoms. The molecule has 0 aliphatic carbocycles. The van der Waals surface area contributed by atoms with Crippen molar-refractivity contribution in [1.29, 1.82) is 0 Å². The van der Waals surface area contributed by atoms with Crippen molar-refractivity contribution < 1.29 is 19.4 Å². The van der Waals surface area contributed by atoms with E-state index in [9.17, 15) is 9.90 Å². The Balaban J connectivity index is 2.03. The van der Waals surface area contributed by atoms with Crippen LogP contribution in [0.15, 0.2) is 41.5 Å². The van der Waals surface area contributed by atoms with Crippen molar-refractivity contribution in [2.75, 3.05) is 14.2 Å². The highest BCUT2D eigenvalue weighted by Gasteiger charge is 2.15. The van der Waals surface area contributed by atoms with Gasteiger partial charge in [-0.1, -0.05) is 32.9 Å². The van der Waals surface area contributed by atoms with Gasteiger partial charge in [0.05, 0.1) is 26.9 Å². The maximum atomic E-state index is 12.1. The summed E-state index contributed by atoms with van der Waals surface area (Å²) in [7, 11) is 3.10. The summed E-state index contributed by atoms with van der Waals surface area (Å²) in [6, 6.07) is 10.7. The largest absolute Gasteiger partial charge is 0.507 e. The number of methoxy groups -OCH3 is 2. The minimum atomic E-state index is -0.273. The molecule has 0 radical (unpaired) electrons. The van der Waals surface area contributed by atoms with Crippen molar-refractivity contribution in [1.82, 2.24) is 5.43 Å². The van der Waals surface area contributed by atoms with Gasteiger partial charge in [0.2, 0.25) is 5.91 Å². The molecular weight excluding hydrogens is 344 g/mol. The quantitative estimate of drug-likeness (QED) is 0.603. The molecule has 0 saturated carbocycles. The maximum absolute atomic E-state index is 12.1. The number of benzene rings is 2. The summed E-state index contributed by atoms with van der Waals surface area (Å²) in [5, 5.41) is 13.9. The molecule has 0 atom stereocenters. The predicted octanol–water partition coefficient (Wildman–Crippen LogP) is 3.40. The first-order valence-corrected chi connectivity index (χ1v) is 8.61. The lowest BCUT2D eigenvalue weighted by atomic mass is 9.86. The van der Waals surface area contributed by atoms with Gasteiger partial charge >= 0.3 is 0 Å². The van der Waals surface area contributed by atoms with E-state index in [0.29, 0.717) is 17.1 Å². The van der Waals surface area contributed by atoms with Crippen LogP contribution in [-0.2, 0) is 16.6 Å². The SMILES string of the molecule is COc1ccc(CC(=O)NN=Cc2cc(C(C)(C)C)ccc2O)cc1OC. The Hall–Kier alpha value is -3.02. The van der Waals surface area contributed by atoms with Gasteiger partial charge in [0.1, 0.15) is 5.75 Å². The fourth-order valence-electron chi connectivity index (χ4n) is 2.51. The fourth-order valence-corrected chi connectivity index (χ4v) is 2.51. The number of hydrogen-bond donors (Lipinski definition) is 2. The van der Waals surface area contributed by atoms with Gasteiger partial charge in [0.25, 0.3) is 0 Å². The molecule has 6 heteroatoms. The average Bonchev–Trinajstić information content (AvgIpc) is 2.62. The number of aromatic hydroxyl groups is 1. The third-order valence-electron chi connectivity index (χ3n) is 4.10. The molecule has 0 aliphatic rings. The van der Waals surface area contributed by atoms with E-state index in [1.807, 2.05) is 12.1 Å². The molecule has 144 valence electrons. The number of amides is 1. The van der Waals surface area contributed by atoms with E-state index in [1.165, 1.54) is 6.21 Å². The smallest absolute Gasteiger partial charge is 0.244 e. The topological polar surface area (TPSA) is 80.2 Å². The van der Waals surface area contributed by atoms with Crippen LogP contribution in [0.1, 0.15) is 37.5 Å². The lowest BCUT2D eigenvalue weighted by Gasteiger charge is -2.19. The van der Waals surface area contributed by atoms with Gasteiger partial charge in [0.15, 0.2) is 11.5 Å². The van der Waals surface area contributed by atoms with Crippen LogP contribution in [0.5, 0.6) is 17.2 Å². The van der Waals surface area contributed by atoms with Gasteiger partial charge < -0.3 is 14.6 Å². The zero-order valence-corrected chi connectivity index (χ0v) is 16.4. The second-order valence-electron chi connectivity index (χ2n) is 7.18. The van der Waals surface area contributed by atoms with Crippen molar-refractivity contribution >= 4 is 12.1 Å². The first-order chi connectivity index (χ1) is 12.7. The summed E-state index contributed by atoms with van der Waals surface area (Å²) < 4.78 is 10.4. The minimum Gasteiger partial charge on any atom is -0.507 e. The van der Waals surface area contributed by atoms with E-state index in [1.54, 1.807) is 38.5 Å². The van der Waals surface area contributed by atoms with Crippen LogP contribution in [0.3, 0.4) is 0 Å². The molecule has 1 amide bonds. The van der Waals surface area contributed by atoms with Crippen LogP contribution < -0.4 is 14.9 Å². The number of nitrogens with zero attached hydrogens (tertiary/aromatic N) is 1. The van der Waals surface area contributed by atoms with Crippen LogP contribution in [0.25, 0.3) is 0 Å². The molecule has 0 aromatic heterocycles. The number of hydrogen-bond acceptors (Lipinski definition) is 5. The van der Waals surface area contributed by atoms with Crippen LogP contribution in [0.4, 0.5) is 0 Å². The molecule has 0 bridgehead atoms. The van der Waals surface area contributed by atoms with Gasteiger partial charge in [0, 0.05) is 5.56 Å². The fraction of sp³-hybridized carbons (Fsp3) is 0.333. The number of phenols is 1. The zero-order chi connectivity index (χ0) is 20.0. The summed E-state index contributed by atoms with van der Waals surface area (Å²) in [5.74, 6) is 1.01. The number of carbonyl (C=O) groups excluding carboxylic acids is 1. The molecule has 0 heterocycles. The Morgan fingerprint density at radius 2 is 1.81 bits per heavy atom. The molecule has 0 saturated heterocycles. The van der Waals surface area contributed by atoms with Crippen LogP contribution in [-0.4, -0.2) is 31.4 Å². The zero-order valence-electron chi connectivity index (χ0n) is 16.4. The molecule has 0 spiro atoms. The van der Waals surface area contributed by atoms with E-state index in [0.717, 1.165) is 11.1 Å². The highest BCUT2D eigenvalue weighted by Crippen LogP contribution is 2.28. The number of hydrazone groups is 1. The summed E-state index contributed by atoms with van der Waals surface area (Å²) in [6.07, 6.45) is 1.59. The van der Waals surface area contributed by atoms with E-state index in [2.05, 4.69) is 31.3 Å². The molecule has 6 nitrogen and oxygen atoms in total. The summed E-state index contributed by atoms with van der Waals surface area (Å²) in [5.41, 5.74) is 4.82. The van der Waals surface area contributed by atoms with Crippen molar-refractivity contribution in [2.24, 2.45) is 5.10 Å². The van der Waals surface area contributed by atoms with E-state index < -0.39 is 0 Å². The number of carbonyl (C=O) groups is 1. The monoisotopic (exact) mass is 370 g/mol. The molecule has 2 aromatic rings. The van der Waals surface area contributed by atoms with Gasteiger partial charge in [-0.3, -0.25) is 4.79 Å². The Bertz CT molecular complexity index is 839. The number of phenolic OH excluding ortho intramolecular Hbond substituents is 1.